The molecule has 0 fully saturated rings. The van der Waals surface area contributed by atoms with Crippen LogP contribution >= 0.6 is 11.3 Å². The maximum Gasteiger partial charge on any atom is 0.229 e. The van der Waals surface area contributed by atoms with E-state index in [-0.39, 0.29) is 0 Å². The number of rotatable bonds is 5. The zero-order valence-electron chi connectivity index (χ0n) is 26.4. The topological polar surface area (TPSA) is 29.3 Å². The van der Waals surface area contributed by atoms with Gasteiger partial charge in [-0.2, -0.15) is 0 Å². The SMILES string of the molecule is c1ccc(-c2ccc(N(c3ccc(-c4cccc5c4sc4ccccc45)cc3)c3ccnc4oc5cc6ccccc6cc5c34)cc2)cc1. The van der Waals surface area contributed by atoms with E-state index in [1.807, 2.05) is 17.5 Å². The zero-order chi connectivity index (χ0) is 32.3. The number of thiophene rings is 1. The lowest BCUT2D eigenvalue weighted by Crippen LogP contribution is -2.10. The molecule has 3 nitrogen and oxygen atoms in total. The van der Waals surface area contributed by atoms with Gasteiger partial charge in [0.1, 0.15) is 5.58 Å². The molecule has 0 amide bonds. The zero-order valence-corrected chi connectivity index (χ0v) is 27.2. The maximum atomic E-state index is 6.41. The van der Waals surface area contributed by atoms with Crippen LogP contribution in [0, 0.1) is 0 Å². The van der Waals surface area contributed by atoms with Crippen molar-refractivity contribution in [2.75, 3.05) is 4.90 Å². The Morgan fingerprint density at radius 2 is 1.16 bits per heavy atom. The molecule has 0 unspecified atom stereocenters. The Bertz CT molecular complexity index is 2810. The first-order valence-corrected chi connectivity index (χ1v) is 17.3. The summed E-state index contributed by atoms with van der Waals surface area (Å²) >= 11 is 1.86. The van der Waals surface area contributed by atoms with Crippen LogP contribution in [-0.4, -0.2) is 4.98 Å². The molecule has 10 aromatic rings. The van der Waals surface area contributed by atoms with Crippen molar-refractivity contribution >= 4 is 81.4 Å². The first kappa shape index (κ1) is 27.8. The van der Waals surface area contributed by atoms with E-state index < -0.39 is 0 Å². The van der Waals surface area contributed by atoms with E-state index in [9.17, 15) is 0 Å². The van der Waals surface area contributed by atoms with Crippen LogP contribution in [0.1, 0.15) is 0 Å². The van der Waals surface area contributed by atoms with Crippen LogP contribution in [0.15, 0.2) is 174 Å². The minimum atomic E-state index is 0.627. The van der Waals surface area contributed by atoms with Crippen molar-refractivity contribution in [3.8, 4) is 22.3 Å². The van der Waals surface area contributed by atoms with Crippen molar-refractivity contribution in [2.45, 2.75) is 0 Å². The Kier molecular flexibility index (Phi) is 6.36. The lowest BCUT2D eigenvalue weighted by molar-refractivity contribution is 0.654. The fourth-order valence-corrected chi connectivity index (χ4v) is 8.42. The van der Waals surface area contributed by atoms with Crippen LogP contribution in [-0.2, 0) is 0 Å². The van der Waals surface area contributed by atoms with Crippen LogP contribution in [0.2, 0.25) is 0 Å². The molecule has 4 heteroatoms. The molecule has 0 aliphatic rings. The highest BCUT2D eigenvalue weighted by atomic mass is 32.1. The predicted octanol–water partition coefficient (Wildman–Crippen LogP) is 13.3. The number of hydrogen-bond donors (Lipinski definition) is 0. The highest BCUT2D eigenvalue weighted by molar-refractivity contribution is 7.26. The number of aromatic nitrogens is 1. The second-order valence-corrected chi connectivity index (χ2v) is 13.4. The number of nitrogens with zero attached hydrogens (tertiary/aromatic N) is 2. The number of benzene rings is 7. The molecule has 0 bridgehead atoms. The van der Waals surface area contributed by atoms with Gasteiger partial charge in [-0.15, -0.1) is 11.3 Å². The first-order chi connectivity index (χ1) is 24.3. The molecule has 0 aliphatic carbocycles. The standard InChI is InChI=1S/C45H28N2OS/c1-2-9-29(10-3-1)30-17-21-34(22-18-30)47(40-25-26-46-45-43(40)39-27-32-11-4-5-12-33(32)28-41(39)48-45)35-23-19-31(20-24-35)36-14-8-15-38-37-13-6-7-16-42(37)49-44(36)38/h1-28H. The van der Waals surface area contributed by atoms with Crippen molar-refractivity contribution in [1.29, 1.82) is 0 Å². The van der Waals surface area contributed by atoms with E-state index in [1.54, 1.807) is 0 Å². The molecule has 0 spiro atoms. The second-order valence-electron chi connectivity index (χ2n) is 12.4. The van der Waals surface area contributed by atoms with Crippen molar-refractivity contribution < 1.29 is 4.42 Å². The first-order valence-electron chi connectivity index (χ1n) is 16.4. The van der Waals surface area contributed by atoms with Gasteiger partial charge in [-0.05, 0) is 81.6 Å². The lowest BCUT2D eigenvalue weighted by Gasteiger charge is -2.26. The third-order valence-electron chi connectivity index (χ3n) is 9.53. The Morgan fingerprint density at radius 1 is 0.510 bits per heavy atom. The van der Waals surface area contributed by atoms with Crippen molar-refractivity contribution in [3.63, 3.8) is 0 Å². The molecular formula is C45H28N2OS. The van der Waals surface area contributed by atoms with Gasteiger partial charge in [0.05, 0.1) is 11.1 Å². The molecule has 0 atom stereocenters. The maximum absolute atomic E-state index is 6.41. The molecular weight excluding hydrogens is 617 g/mol. The molecule has 0 aliphatic heterocycles. The largest absolute Gasteiger partial charge is 0.438 e. The summed E-state index contributed by atoms with van der Waals surface area (Å²) in [7, 11) is 0. The monoisotopic (exact) mass is 644 g/mol. The number of fused-ring (bicyclic) bond motifs is 7. The average Bonchev–Trinajstić information content (AvgIpc) is 3.73. The van der Waals surface area contributed by atoms with E-state index in [0.717, 1.165) is 38.8 Å². The van der Waals surface area contributed by atoms with Gasteiger partial charge in [-0.25, -0.2) is 4.98 Å². The van der Waals surface area contributed by atoms with Gasteiger partial charge >= 0.3 is 0 Å². The van der Waals surface area contributed by atoms with E-state index in [0.29, 0.717) is 5.71 Å². The normalized spacial score (nSPS) is 11.7. The second kappa shape index (κ2) is 11.2. The third-order valence-corrected chi connectivity index (χ3v) is 10.8. The van der Waals surface area contributed by atoms with Gasteiger partial charge in [-0.1, -0.05) is 115 Å². The summed E-state index contributed by atoms with van der Waals surface area (Å²) in [6.45, 7) is 0. The number of anilines is 3. The van der Waals surface area contributed by atoms with E-state index in [1.165, 1.54) is 47.8 Å². The third kappa shape index (κ3) is 4.61. The van der Waals surface area contributed by atoms with Crippen molar-refractivity contribution in [3.05, 3.63) is 170 Å². The highest BCUT2D eigenvalue weighted by Crippen LogP contribution is 2.45. The molecule has 49 heavy (non-hydrogen) atoms. The van der Waals surface area contributed by atoms with Crippen LogP contribution in [0.5, 0.6) is 0 Å². The van der Waals surface area contributed by atoms with Crippen molar-refractivity contribution in [1.82, 2.24) is 4.98 Å². The van der Waals surface area contributed by atoms with Crippen molar-refractivity contribution in [2.24, 2.45) is 0 Å². The van der Waals surface area contributed by atoms with Gasteiger partial charge < -0.3 is 9.32 Å². The van der Waals surface area contributed by atoms with E-state index >= 15 is 0 Å². The molecule has 0 saturated carbocycles. The predicted molar refractivity (Wildman–Crippen MR) is 207 cm³/mol. The molecule has 0 saturated heterocycles. The Hall–Kier alpha value is -6.23. The summed E-state index contributed by atoms with van der Waals surface area (Å²) in [5.74, 6) is 0. The van der Waals surface area contributed by atoms with Gasteiger partial charge in [0, 0.05) is 43.1 Å². The number of hydrogen-bond acceptors (Lipinski definition) is 4. The lowest BCUT2D eigenvalue weighted by atomic mass is 10.0. The summed E-state index contributed by atoms with van der Waals surface area (Å²) in [4.78, 5) is 7.03. The fraction of sp³-hybridized carbons (Fsp3) is 0. The summed E-state index contributed by atoms with van der Waals surface area (Å²) in [5, 5.41) is 6.98. The van der Waals surface area contributed by atoms with Crippen LogP contribution in [0.25, 0.3) is 75.3 Å². The molecule has 3 aromatic heterocycles. The molecule has 0 radical (unpaired) electrons. The quantitative estimate of drug-likeness (QED) is 0.187. The van der Waals surface area contributed by atoms with Gasteiger partial charge in [0.2, 0.25) is 5.71 Å². The van der Waals surface area contributed by atoms with Crippen LogP contribution < -0.4 is 4.90 Å². The number of furan rings is 1. The smallest absolute Gasteiger partial charge is 0.229 e. The number of pyridine rings is 1. The summed E-state index contributed by atoms with van der Waals surface area (Å²) in [6, 6.07) is 58.5. The van der Waals surface area contributed by atoms with Crippen LogP contribution in [0.4, 0.5) is 17.1 Å². The Balaban J connectivity index is 1.15. The minimum Gasteiger partial charge on any atom is -0.438 e. The molecule has 10 rings (SSSR count). The minimum absolute atomic E-state index is 0.627. The average molecular weight is 645 g/mol. The van der Waals surface area contributed by atoms with Gasteiger partial charge in [0.25, 0.3) is 0 Å². The molecule has 7 aromatic carbocycles. The Labute approximate surface area is 286 Å². The highest BCUT2D eigenvalue weighted by Gasteiger charge is 2.21. The van der Waals surface area contributed by atoms with E-state index in [2.05, 4.69) is 169 Å². The van der Waals surface area contributed by atoms with Crippen LogP contribution in [0.3, 0.4) is 0 Å². The summed E-state index contributed by atoms with van der Waals surface area (Å²) < 4.78 is 9.04. The van der Waals surface area contributed by atoms with E-state index in [4.69, 9.17) is 9.40 Å². The summed E-state index contributed by atoms with van der Waals surface area (Å²) in [6.07, 6.45) is 1.85. The van der Waals surface area contributed by atoms with Gasteiger partial charge in [-0.3, -0.25) is 0 Å². The molecule has 3 heterocycles. The molecule has 230 valence electrons. The summed E-state index contributed by atoms with van der Waals surface area (Å²) in [5.41, 5.74) is 9.41. The fourth-order valence-electron chi connectivity index (χ4n) is 7.18. The molecule has 0 N–H and O–H groups in total. The Morgan fingerprint density at radius 3 is 1.96 bits per heavy atom. The van der Waals surface area contributed by atoms with Gasteiger partial charge in [0.15, 0.2) is 0 Å².